The fraction of sp³-hybridized carbons (Fsp3) is 0.938. The summed E-state index contributed by atoms with van der Waals surface area (Å²) in [7, 11) is 1.16. The summed E-state index contributed by atoms with van der Waals surface area (Å²) in [5, 5.41) is 7.27. The van der Waals surface area contributed by atoms with E-state index in [1.54, 1.807) is 0 Å². The van der Waals surface area contributed by atoms with E-state index in [0.29, 0.717) is 11.3 Å². The maximum atomic E-state index is 12.0. The van der Waals surface area contributed by atoms with Crippen LogP contribution in [0.3, 0.4) is 0 Å². The van der Waals surface area contributed by atoms with Crippen LogP contribution in [0.5, 0.6) is 0 Å². The predicted octanol–water partition coefficient (Wildman–Crippen LogP) is 2.81. The molecule has 2 N–H and O–H groups in total. The molecule has 1 saturated carbocycles. The molecule has 0 spiro atoms. The number of nitrogens with one attached hydrogen (secondary N) is 2. The molecular weight excluding hydrogens is 282 g/mol. The van der Waals surface area contributed by atoms with E-state index in [1.165, 1.54) is 32.1 Å². The first-order valence-corrected chi connectivity index (χ1v) is 9.93. The van der Waals surface area contributed by atoms with Gasteiger partial charge in [0.25, 0.3) is 0 Å². The minimum Gasteiger partial charge on any atom is -0.356 e. The van der Waals surface area contributed by atoms with E-state index >= 15 is 0 Å². The highest BCUT2D eigenvalue weighted by Gasteiger charge is 2.25. The highest BCUT2D eigenvalue weighted by molar-refractivity contribution is 7.85. The van der Waals surface area contributed by atoms with Crippen molar-refractivity contribution in [3.05, 3.63) is 0 Å². The summed E-state index contributed by atoms with van der Waals surface area (Å²) in [6.07, 6.45) is 9.50. The van der Waals surface area contributed by atoms with E-state index in [2.05, 4.69) is 22.5 Å². The van der Waals surface area contributed by atoms with Gasteiger partial charge in [-0.25, -0.2) is 0 Å². The summed E-state index contributed by atoms with van der Waals surface area (Å²) < 4.78 is 12.0. The smallest absolute Gasteiger partial charge is 0.191 e. The van der Waals surface area contributed by atoms with Gasteiger partial charge in [-0.1, -0.05) is 39.5 Å². The molecule has 3 unspecified atom stereocenters. The average molecular weight is 316 g/mol. The zero-order valence-corrected chi connectivity index (χ0v) is 14.8. The third-order valence-electron chi connectivity index (χ3n) is 4.17. The number of guanidine groups is 1. The van der Waals surface area contributed by atoms with E-state index in [0.717, 1.165) is 37.5 Å². The molecule has 0 aromatic carbocycles. The van der Waals surface area contributed by atoms with Gasteiger partial charge >= 0.3 is 0 Å². The molecule has 3 atom stereocenters. The summed E-state index contributed by atoms with van der Waals surface area (Å²) in [5.41, 5.74) is 0. The van der Waals surface area contributed by atoms with Crippen molar-refractivity contribution in [3.63, 3.8) is 0 Å². The van der Waals surface area contributed by atoms with Crippen LogP contribution < -0.4 is 10.6 Å². The van der Waals surface area contributed by atoms with Crippen LogP contribution >= 0.6 is 0 Å². The molecular formula is C16H33N3OS. The number of hydrogen-bond acceptors (Lipinski definition) is 2. The Balaban J connectivity index is 2.30. The standard InChI is InChI=1S/C16H33N3OS/c1-4-6-7-8-12-18-16(17-3)19-14-10-9-11-15(13-14)21(20)5-2/h14-15H,4-13H2,1-3H3,(H2,17,18,19). The van der Waals surface area contributed by atoms with E-state index in [1.807, 2.05) is 14.0 Å². The van der Waals surface area contributed by atoms with Crippen molar-refractivity contribution < 1.29 is 4.21 Å². The molecule has 21 heavy (non-hydrogen) atoms. The second kappa shape index (κ2) is 11.0. The predicted molar refractivity (Wildman–Crippen MR) is 93.4 cm³/mol. The van der Waals surface area contributed by atoms with E-state index in [4.69, 9.17) is 0 Å². The number of rotatable bonds is 8. The molecule has 0 saturated heterocycles. The van der Waals surface area contributed by atoms with Gasteiger partial charge in [0.2, 0.25) is 0 Å². The van der Waals surface area contributed by atoms with E-state index in [-0.39, 0.29) is 0 Å². The zero-order chi connectivity index (χ0) is 15.5. The SMILES string of the molecule is CCCCCCNC(=NC)NC1CCCC(S(=O)CC)C1. The highest BCUT2D eigenvalue weighted by atomic mass is 32.2. The molecule has 1 aliphatic rings. The third-order valence-corrected chi connectivity index (χ3v) is 5.91. The van der Waals surface area contributed by atoms with Crippen LogP contribution in [-0.4, -0.2) is 40.8 Å². The lowest BCUT2D eigenvalue weighted by Gasteiger charge is -2.30. The van der Waals surface area contributed by atoms with Crippen LogP contribution in [0.15, 0.2) is 4.99 Å². The number of hydrogen-bond donors (Lipinski definition) is 2. The Morgan fingerprint density at radius 2 is 2.05 bits per heavy atom. The second-order valence-corrected chi connectivity index (χ2v) is 7.86. The van der Waals surface area contributed by atoms with Crippen molar-refractivity contribution in [2.75, 3.05) is 19.3 Å². The first kappa shape index (κ1) is 18.5. The summed E-state index contributed by atoms with van der Waals surface area (Å²) in [6.45, 7) is 5.23. The lowest BCUT2D eigenvalue weighted by atomic mass is 9.95. The highest BCUT2D eigenvalue weighted by Crippen LogP contribution is 2.22. The van der Waals surface area contributed by atoms with Crippen LogP contribution in [-0.2, 0) is 10.8 Å². The molecule has 124 valence electrons. The van der Waals surface area contributed by atoms with Gasteiger partial charge in [0.05, 0.1) is 0 Å². The molecule has 0 radical (unpaired) electrons. The van der Waals surface area contributed by atoms with Crippen LogP contribution in [0, 0.1) is 0 Å². The largest absolute Gasteiger partial charge is 0.356 e. The van der Waals surface area contributed by atoms with Gasteiger partial charge in [-0.05, 0) is 25.7 Å². The Bertz CT molecular complexity index is 333. The van der Waals surface area contributed by atoms with Gasteiger partial charge in [-0.2, -0.15) is 0 Å². The van der Waals surface area contributed by atoms with Crippen molar-refractivity contribution in [2.45, 2.75) is 76.5 Å². The Hall–Kier alpha value is -0.580. The summed E-state index contributed by atoms with van der Waals surface area (Å²) in [5.74, 6) is 1.68. The Morgan fingerprint density at radius 3 is 2.71 bits per heavy atom. The van der Waals surface area contributed by atoms with Gasteiger partial charge in [0, 0.05) is 41.4 Å². The molecule has 1 aliphatic carbocycles. The minimum absolute atomic E-state index is 0.365. The number of unbranched alkanes of at least 4 members (excludes halogenated alkanes) is 3. The first-order valence-electron chi connectivity index (χ1n) is 8.55. The first-order chi connectivity index (χ1) is 10.2. The molecule has 0 aromatic heterocycles. The quantitative estimate of drug-likeness (QED) is 0.411. The molecule has 4 nitrogen and oxygen atoms in total. The lowest BCUT2D eigenvalue weighted by Crippen LogP contribution is -2.46. The molecule has 1 fully saturated rings. The van der Waals surface area contributed by atoms with E-state index in [9.17, 15) is 4.21 Å². The third kappa shape index (κ3) is 7.30. The van der Waals surface area contributed by atoms with Gasteiger partial charge < -0.3 is 10.6 Å². The van der Waals surface area contributed by atoms with Crippen molar-refractivity contribution >= 4 is 16.8 Å². The van der Waals surface area contributed by atoms with Gasteiger partial charge in [0.15, 0.2) is 5.96 Å². The number of nitrogens with zero attached hydrogens (tertiary/aromatic N) is 1. The zero-order valence-electron chi connectivity index (χ0n) is 14.0. The fourth-order valence-corrected chi connectivity index (χ4v) is 4.25. The van der Waals surface area contributed by atoms with Crippen molar-refractivity contribution in [1.29, 1.82) is 0 Å². The molecule has 0 aromatic rings. The fourth-order valence-electron chi connectivity index (χ4n) is 2.90. The molecule has 0 aliphatic heterocycles. The van der Waals surface area contributed by atoms with Crippen molar-refractivity contribution in [1.82, 2.24) is 10.6 Å². The lowest BCUT2D eigenvalue weighted by molar-refractivity contribution is 0.413. The van der Waals surface area contributed by atoms with Gasteiger partial charge in [0.1, 0.15) is 0 Å². The van der Waals surface area contributed by atoms with Gasteiger partial charge in [-0.15, -0.1) is 0 Å². The molecule has 0 heterocycles. The average Bonchev–Trinajstić information content (AvgIpc) is 2.53. The summed E-state index contributed by atoms with van der Waals surface area (Å²) in [4.78, 5) is 4.31. The second-order valence-electron chi connectivity index (χ2n) is 5.86. The van der Waals surface area contributed by atoms with Crippen LogP contribution in [0.4, 0.5) is 0 Å². The normalized spacial score (nSPS) is 24.6. The maximum absolute atomic E-state index is 12.0. The van der Waals surface area contributed by atoms with Crippen LogP contribution in [0.1, 0.15) is 65.2 Å². The molecule has 0 amide bonds. The molecule has 1 rings (SSSR count). The molecule has 5 heteroatoms. The van der Waals surface area contributed by atoms with Crippen LogP contribution in [0.25, 0.3) is 0 Å². The molecule has 0 bridgehead atoms. The van der Waals surface area contributed by atoms with Gasteiger partial charge in [-0.3, -0.25) is 9.20 Å². The topological polar surface area (TPSA) is 53.5 Å². The maximum Gasteiger partial charge on any atom is 0.191 e. The Morgan fingerprint density at radius 1 is 1.24 bits per heavy atom. The Kier molecular flexibility index (Phi) is 9.72. The van der Waals surface area contributed by atoms with Crippen LogP contribution in [0.2, 0.25) is 0 Å². The van der Waals surface area contributed by atoms with Crippen molar-refractivity contribution in [2.24, 2.45) is 4.99 Å². The van der Waals surface area contributed by atoms with E-state index < -0.39 is 10.8 Å². The monoisotopic (exact) mass is 315 g/mol. The number of aliphatic imine (C=N–C) groups is 1. The Labute approximate surface area is 133 Å². The summed E-state index contributed by atoms with van der Waals surface area (Å²) in [6, 6.07) is 0.418. The minimum atomic E-state index is -0.660. The van der Waals surface area contributed by atoms with Crippen molar-refractivity contribution in [3.8, 4) is 0 Å². The summed E-state index contributed by atoms with van der Waals surface area (Å²) >= 11 is 0.